The number of esters is 1. The molecule has 140 valence electrons. The number of carbonyl (C=O) groups is 2. The van der Waals surface area contributed by atoms with E-state index in [1.54, 1.807) is 43.3 Å². The predicted molar refractivity (Wildman–Crippen MR) is 101 cm³/mol. The van der Waals surface area contributed by atoms with E-state index in [2.05, 4.69) is 10.0 Å². The van der Waals surface area contributed by atoms with Crippen LogP contribution in [0.15, 0.2) is 36.4 Å². The fourth-order valence-corrected chi connectivity index (χ4v) is 3.53. The van der Waals surface area contributed by atoms with Crippen LogP contribution in [0.25, 0.3) is 0 Å². The Morgan fingerprint density at radius 3 is 2.58 bits per heavy atom. The highest BCUT2D eigenvalue weighted by Crippen LogP contribution is 2.21. The van der Waals surface area contributed by atoms with Gasteiger partial charge in [-0.05, 0) is 37.6 Å². The van der Waals surface area contributed by atoms with Crippen LogP contribution in [0.4, 0.5) is 5.69 Å². The highest BCUT2D eigenvalue weighted by Gasteiger charge is 2.16. The molecule has 0 fully saturated rings. The molecule has 0 radical (unpaired) electrons. The van der Waals surface area contributed by atoms with Crippen LogP contribution in [-0.2, 0) is 21.2 Å². The Balaban J connectivity index is 2.04. The topological polar surface area (TPSA) is 102 Å². The lowest BCUT2D eigenvalue weighted by atomic mass is 10.2. The second-order valence-electron chi connectivity index (χ2n) is 5.40. The molecular formula is C17H20N2O5S2. The molecule has 0 unspecified atom stereocenters. The molecule has 7 nitrogen and oxygen atoms in total. The summed E-state index contributed by atoms with van der Waals surface area (Å²) in [5.74, 6) is -0.837. The van der Waals surface area contributed by atoms with E-state index in [0.29, 0.717) is 17.0 Å². The van der Waals surface area contributed by atoms with E-state index in [4.69, 9.17) is 4.74 Å². The first-order chi connectivity index (χ1) is 12.3. The van der Waals surface area contributed by atoms with Gasteiger partial charge in [-0.3, -0.25) is 4.79 Å². The Bertz CT molecular complexity index is 890. The number of sulfonamides is 1. The molecule has 0 aliphatic rings. The van der Waals surface area contributed by atoms with Crippen LogP contribution in [0.3, 0.4) is 0 Å². The minimum absolute atomic E-state index is 0.247. The number of rotatable bonds is 8. The van der Waals surface area contributed by atoms with Gasteiger partial charge in [0.2, 0.25) is 10.0 Å². The van der Waals surface area contributed by atoms with E-state index < -0.39 is 16.0 Å². The number of carbonyl (C=O) groups excluding carboxylic acids is 2. The maximum atomic E-state index is 12.4. The van der Waals surface area contributed by atoms with Crippen molar-refractivity contribution in [2.24, 2.45) is 0 Å². The molecule has 1 heterocycles. The molecule has 0 spiro atoms. The SMILES string of the molecule is CCOC(=O)c1ccccc1NC(=O)c1ccc(CCNS(C)(=O)=O)s1. The number of benzene rings is 1. The van der Waals surface area contributed by atoms with Gasteiger partial charge < -0.3 is 10.1 Å². The molecule has 1 aromatic heterocycles. The number of anilines is 1. The van der Waals surface area contributed by atoms with E-state index in [0.717, 1.165) is 11.1 Å². The molecule has 0 aliphatic carbocycles. The Hall–Kier alpha value is -2.23. The number of amides is 1. The predicted octanol–water partition coefficient (Wildman–Crippen LogP) is 2.27. The average molecular weight is 396 g/mol. The molecule has 0 aliphatic heterocycles. The molecule has 26 heavy (non-hydrogen) atoms. The van der Waals surface area contributed by atoms with Gasteiger partial charge in [-0.15, -0.1) is 11.3 Å². The zero-order chi connectivity index (χ0) is 19.2. The van der Waals surface area contributed by atoms with E-state index >= 15 is 0 Å². The fourth-order valence-electron chi connectivity index (χ4n) is 2.16. The second kappa shape index (κ2) is 8.93. The lowest BCUT2D eigenvalue weighted by molar-refractivity contribution is 0.0527. The van der Waals surface area contributed by atoms with E-state index in [9.17, 15) is 18.0 Å². The van der Waals surface area contributed by atoms with Crippen LogP contribution in [0, 0.1) is 0 Å². The zero-order valence-electron chi connectivity index (χ0n) is 14.4. The molecule has 2 N–H and O–H groups in total. The van der Waals surface area contributed by atoms with Crippen LogP contribution in [0.2, 0.25) is 0 Å². The molecule has 9 heteroatoms. The lowest BCUT2D eigenvalue weighted by Gasteiger charge is -2.09. The standard InChI is InChI=1S/C17H20N2O5S2/c1-3-24-17(21)13-6-4-5-7-14(13)19-16(20)15-9-8-12(25-15)10-11-18-26(2,22)23/h4-9,18H,3,10-11H2,1-2H3,(H,19,20). The Kier molecular flexibility index (Phi) is 6.90. The van der Waals surface area contributed by atoms with Crippen LogP contribution < -0.4 is 10.0 Å². The minimum Gasteiger partial charge on any atom is -0.462 e. The van der Waals surface area contributed by atoms with E-state index in [-0.39, 0.29) is 24.6 Å². The highest BCUT2D eigenvalue weighted by atomic mass is 32.2. The van der Waals surface area contributed by atoms with Crippen molar-refractivity contribution in [2.45, 2.75) is 13.3 Å². The number of thiophene rings is 1. The summed E-state index contributed by atoms with van der Waals surface area (Å²) in [7, 11) is -3.23. The largest absolute Gasteiger partial charge is 0.462 e. The number of para-hydroxylation sites is 1. The molecule has 2 aromatic rings. The van der Waals surface area contributed by atoms with Crippen molar-refractivity contribution in [3.05, 3.63) is 51.7 Å². The summed E-state index contributed by atoms with van der Waals surface area (Å²) in [5, 5.41) is 2.72. The molecule has 0 bridgehead atoms. The molecule has 1 aromatic carbocycles. The van der Waals surface area contributed by atoms with Crippen molar-refractivity contribution >= 4 is 38.9 Å². The molecule has 0 saturated heterocycles. The number of hydrogen-bond acceptors (Lipinski definition) is 6. The van der Waals surface area contributed by atoms with Crippen molar-refractivity contribution < 1.29 is 22.7 Å². The van der Waals surface area contributed by atoms with Crippen molar-refractivity contribution in [1.82, 2.24) is 4.72 Å². The normalized spacial score (nSPS) is 11.2. The van der Waals surface area contributed by atoms with Gasteiger partial charge in [-0.25, -0.2) is 17.9 Å². The molecule has 0 saturated carbocycles. The Morgan fingerprint density at radius 2 is 1.88 bits per heavy atom. The Labute approximate surface area is 156 Å². The molecule has 2 rings (SSSR count). The number of ether oxygens (including phenoxy) is 1. The summed E-state index contributed by atoms with van der Waals surface area (Å²) in [4.78, 5) is 25.7. The first-order valence-corrected chi connectivity index (χ1v) is 10.6. The Morgan fingerprint density at radius 1 is 1.15 bits per heavy atom. The van der Waals surface area contributed by atoms with E-state index in [1.807, 2.05) is 0 Å². The second-order valence-corrected chi connectivity index (χ2v) is 8.40. The number of nitrogens with one attached hydrogen (secondary N) is 2. The van der Waals surface area contributed by atoms with Gasteiger partial charge in [0.25, 0.3) is 5.91 Å². The summed E-state index contributed by atoms with van der Waals surface area (Å²) in [6, 6.07) is 10.1. The summed E-state index contributed by atoms with van der Waals surface area (Å²) in [5.41, 5.74) is 0.668. The highest BCUT2D eigenvalue weighted by molar-refractivity contribution is 7.88. The minimum atomic E-state index is -3.23. The summed E-state index contributed by atoms with van der Waals surface area (Å²) in [6.45, 7) is 2.23. The van der Waals surface area contributed by atoms with Gasteiger partial charge in [-0.2, -0.15) is 0 Å². The van der Waals surface area contributed by atoms with Crippen molar-refractivity contribution in [3.63, 3.8) is 0 Å². The van der Waals surface area contributed by atoms with Crippen molar-refractivity contribution in [2.75, 3.05) is 24.7 Å². The van der Waals surface area contributed by atoms with Gasteiger partial charge in [0, 0.05) is 11.4 Å². The number of hydrogen-bond donors (Lipinski definition) is 2. The first kappa shape index (κ1) is 20.1. The summed E-state index contributed by atoms with van der Waals surface area (Å²) >= 11 is 1.27. The third-order valence-electron chi connectivity index (χ3n) is 3.29. The maximum Gasteiger partial charge on any atom is 0.340 e. The smallest absolute Gasteiger partial charge is 0.340 e. The van der Waals surface area contributed by atoms with Gasteiger partial charge in [-0.1, -0.05) is 12.1 Å². The van der Waals surface area contributed by atoms with Crippen molar-refractivity contribution in [3.8, 4) is 0 Å². The zero-order valence-corrected chi connectivity index (χ0v) is 16.1. The monoisotopic (exact) mass is 396 g/mol. The van der Waals surface area contributed by atoms with Gasteiger partial charge in [0.1, 0.15) is 0 Å². The van der Waals surface area contributed by atoms with Crippen LogP contribution in [0.5, 0.6) is 0 Å². The fraction of sp³-hybridized carbons (Fsp3) is 0.294. The van der Waals surface area contributed by atoms with E-state index in [1.165, 1.54) is 11.3 Å². The maximum absolute atomic E-state index is 12.4. The lowest BCUT2D eigenvalue weighted by Crippen LogP contribution is -2.24. The van der Waals surface area contributed by atoms with Gasteiger partial charge in [0.05, 0.1) is 29.0 Å². The summed E-state index contributed by atoms with van der Waals surface area (Å²) < 4.78 is 29.5. The first-order valence-electron chi connectivity index (χ1n) is 7.91. The third kappa shape index (κ3) is 5.94. The quantitative estimate of drug-likeness (QED) is 0.667. The molecule has 0 atom stereocenters. The summed E-state index contributed by atoms with van der Waals surface area (Å²) in [6.07, 6.45) is 1.59. The third-order valence-corrected chi connectivity index (χ3v) is 5.16. The van der Waals surface area contributed by atoms with Gasteiger partial charge in [0.15, 0.2) is 0 Å². The van der Waals surface area contributed by atoms with Gasteiger partial charge >= 0.3 is 5.97 Å². The van der Waals surface area contributed by atoms with Crippen LogP contribution in [0.1, 0.15) is 31.8 Å². The molecule has 1 amide bonds. The van der Waals surface area contributed by atoms with Crippen molar-refractivity contribution in [1.29, 1.82) is 0 Å². The van der Waals surface area contributed by atoms with Crippen LogP contribution in [-0.4, -0.2) is 39.7 Å². The molecular weight excluding hydrogens is 376 g/mol. The van der Waals surface area contributed by atoms with Crippen LogP contribution >= 0.6 is 11.3 Å². The average Bonchev–Trinajstić information content (AvgIpc) is 3.03.